The molecule has 0 aliphatic rings. The molecule has 0 heterocycles. The van der Waals surface area contributed by atoms with Crippen molar-refractivity contribution in [2.75, 3.05) is 19.8 Å². The maximum Gasteiger partial charge on any atom is 0.241 e. The van der Waals surface area contributed by atoms with E-state index < -0.39 is 10.0 Å². The van der Waals surface area contributed by atoms with Crippen LogP contribution in [0.5, 0.6) is 0 Å². The summed E-state index contributed by atoms with van der Waals surface area (Å²) in [6.45, 7) is 3.52. The van der Waals surface area contributed by atoms with Gasteiger partial charge in [0.1, 0.15) is 6.07 Å². The van der Waals surface area contributed by atoms with E-state index >= 15 is 0 Å². The van der Waals surface area contributed by atoms with Crippen molar-refractivity contribution in [1.82, 2.24) is 4.72 Å². The quantitative estimate of drug-likeness (QED) is 0.735. The van der Waals surface area contributed by atoms with E-state index in [0.29, 0.717) is 26.2 Å². The molecular formula is C13H18N2O3S. The Balaban J connectivity index is 2.55. The summed E-state index contributed by atoms with van der Waals surface area (Å²) in [5.41, 5.74) is 0.150. The van der Waals surface area contributed by atoms with Gasteiger partial charge in [-0.2, -0.15) is 5.26 Å². The average molecular weight is 282 g/mol. The van der Waals surface area contributed by atoms with Crippen molar-refractivity contribution >= 4 is 10.0 Å². The number of rotatable bonds is 8. The first-order valence-corrected chi connectivity index (χ1v) is 7.66. The molecule has 0 atom stereocenters. The lowest BCUT2D eigenvalue weighted by molar-refractivity contribution is 0.133. The molecule has 1 aromatic carbocycles. The van der Waals surface area contributed by atoms with E-state index in [2.05, 4.69) is 4.72 Å². The molecule has 0 aliphatic heterocycles. The molecule has 1 rings (SSSR count). The van der Waals surface area contributed by atoms with Crippen molar-refractivity contribution in [2.24, 2.45) is 0 Å². The van der Waals surface area contributed by atoms with Gasteiger partial charge < -0.3 is 4.74 Å². The van der Waals surface area contributed by atoms with Crippen LogP contribution >= 0.6 is 0 Å². The van der Waals surface area contributed by atoms with Gasteiger partial charge in [-0.15, -0.1) is 0 Å². The predicted octanol–water partition coefficient (Wildman–Crippen LogP) is 1.65. The molecule has 1 aromatic rings. The number of nitrogens with zero attached hydrogens (tertiary/aromatic N) is 1. The molecule has 0 aromatic heterocycles. The molecule has 0 radical (unpaired) electrons. The molecule has 0 fully saturated rings. The van der Waals surface area contributed by atoms with E-state index in [1.54, 1.807) is 12.1 Å². The third-order valence-corrected chi connectivity index (χ3v) is 3.92. The number of benzene rings is 1. The highest BCUT2D eigenvalue weighted by Gasteiger charge is 2.17. The average Bonchev–Trinajstić information content (AvgIpc) is 2.42. The lowest BCUT2D eigenvalue weighted by Crippen LogP contribution is -2.26. The second kappa shape index (κ2) is 7.89. The zero-order chi connectivity index (χ0) is 14.1. The van der Waals surface area contributed by atoms with Crippen molar-refractivity contribution in [3.63, 3.8) is 0 Å². The number of hydrogen-bond acceptors (Lipinski definition) is 4. The Labute approximate surface area is 114 Å². The molecule has 0 aliphatic carbocycles. The van der Waals surface area contributed by atoms with Gasteiger partial charge in [0, 0.05) is 19.8 Å². The first-order chi connectivity index (χ1) is 9.11. The molecule has 104 valence electrons. The zero-order valence-electron chi connectivity index (χ0n) is 10.9. The Kier molecular flexibility index (Phi) is 6.50. The van der Waals surface area contributed by atoms with E-state index in [1.165, 1.54) is 12.1 Å². The van der Waals surface area contributed by atoms with Crippen molar-refractivity contribution in [3.05, 3.63) is 29.8 Å². The third-order valence-electron chi connectivity index (χ3n) is 2.40. The Morgan fingerprint density at radius 2 is 2.05 bits per heavy atom. The number of sulfonamides is 1. The SMILES string of the molecule is CCCOCCCNS(=O)(=O)c1ccccc1C#N. The van der Waals surface area contributed by atoms with Gasteiger partial charge in [0.05, 0.1) is 10.5 Å². The Morgan fingerprint density at radius 3 is 2.74 bits per heavy atom. The smallest absolute Gasteiger partial charge is 0.241 e. The van der Waals surface area contributed by atoms with Gasteiger partial charge in [-0.3, -0.25) is 0 Å². The summed E-state index contributed by atoms with van der Waals surface area (Å²) >= 11 is 0. The summed E-state index contributed by atoms with van der Waals surface area (Å²) in [6, 6.07) is 8.02. The summed E-state index contributed by atoms with van der Waals surface area (Å²) in [4.78, 5) is 0.0203. The minimum atomic E-state index is -3.62. The van der Waals surface area contributed by atoms with Crippen LogP contribution in [0.2, 0.25) is 0 Å². The summed E-state index contributed by atoms with van der Waals surface area (Å²) in [5.74, 6) is 0. The zero-order valence-corrected chi connectivity index (χ0v) is 11.7. The molecule has 1 N–H and O–H groups in total. The van der Waals surface area contributed by atoms with Crippen molar-refractivity contribution < 1.29 is 13.2 Å². The standard InChI is InChI=1S/C13H18N2O3S/c1-2-9-18-10-5-8-15-19(16,17)13-7-4-3-6-12(13)11-14/h3-4,6-7,15H,2,5,8-10H2,1H3. The van der Waals surface area contributed by atoms with Crippen LogP contribution in [-0.2, 0) is 14.8 Å². The fourth-order valence-corrected chi connectivity index (χ4v) is 2.73. The van der Waals surface area contributed by atoms with Crippen molar-refractivity contribution in [3.8, 4) is 6.07 Å². The minimum Gasteiger partial charge on any atom is -0.381 e. The van der Waals surface area contributed by atoms with Crippen molar-refractivity contribution in [2.45, 2.75) is 24.7 Å². The van der Waals surface area contributed by atoms with Crippen LogP contribution in [0, 0.1) is 11.3 Å². The van der Waals surface area contributed by atoms with Crippen LogP contribution in [0.15, 0.2) is 29.2 Å². The highest BCUT2D eigenvalue weighted by atomic mass is 32.2. The molecule has 0 spiro atoms. The fraction of sp³-hybridized carbons (Fsp3) is 0.462. The molecule has 0 amide bonds. The molecule has 0 saturated carbocycles. The van der Waals surface area contributed by atoms with Gasteiger partial charge in [-0.05, 0) is 25.0 Å². The number of ether oxygens (including phenoxy) is 1. The van der Waals surface area contributed by atoms with Gasteiger partial charge in [-0.1, -0.05) is 19.1 Å². The van der Waals surface area contributed by atoms with E-state index in [1.807, 2.05) is 13.0 Å². The highest BCUT2D eigenvalue weighted by molar-refractivity contribution is 7.89. The molecule has 0 bridgehead atoms. The van der Waals surface area contributed by atoms with Crippen LogP contribution in [0.3, 0.4) is 0 Å². The Hall–Kier alpha value is -1.42. The van der Waals surface area contributed by atoms with Gasteiger partial charge in [0.25, 0.3) is 0 Å². The summed E-state index contributed by atoms with van der Waals surface area (Å²) in [7, 11) is -3.62. The molecule has 5 nitrogen and oxygen atoms in total. The minimum absolute atomic E-state index is 0.0203. The van der Waals surface area contributed by atoms with E-state index in [-0.39, 0.29) is 10.5 Å². The topological polar surface area (TPSA) is 79.2 Å². The van der Waals surface area contributed by atoms with E-state index in [9.17, 15) is 8.42 Å². The molecular weight excluding hydrogens is 264 g/mol. The normalized spacial score (nSPS) is 11.2. The maximum atomic E-state index is 12.0. The maximum absolute atomic E-state index is 12.0. The first kappa shape index (κ1) is 15.6. The summed E-state index contributed by atoms with van der Waals surface area (Å²) in [5, 5.41) is 8.89. The van der Waals surface area contributed by atoms with Crippen LogP contribution in [0.1, 0.15) is 25.3 Å². The summed E-state index contributed by atoms with van der Waals surface area (Å²) < 4.78 is 31.7. The third kappa shape index (κ3) is 4.99. The van der Waals surface area contributed by atoms with Crippen LogP contribution in [0.4, 0.5) is 0 Å². The summed E-state index contributed by atoms with van der Waals surface area (Å²) in [6.07, 6.45) is 1.55. The van der Waals surface area contributed by atoms with E-state index in [0.717, 1.165) is 6.42 Å². The lowest BCUT2D eigenvalue weighted by Gasteiger charge is -2.08. The van der Waals surface area contributed by atoms with Gasteiger partial charge >= 0.3 is 0 Å². The monoisotopic (exact) mass is 282 g/mol. The van der Waals surface area contributed by atoms with Crippen LogP contribution in [-0.4, -0.2) is 28.2 Å². The lowest BCUT2D eigenvalue weighted by atomic mass is 10.2. The van der Waals surface area contributed by atoms with Crippen molar-refractivity contribution in [1.29, 1.82) is 5.26 Å². The number of nitriles is 1. The number of hydrogen-bond donors (Lipinski definition) is 1. The van der Waals surface area contributed by atoms with Gasteiger partial charge in [0.15, 0.2) is 0 Å². The van der Waals surface area contributed by atoms with E-state index in [4.69, 9.17) is 10.00 Å². The highest BCUT2D eigenvalue weighted by Crippen LogP contribution is 2.13. The van der Waals surface area contributed by atoms with Gasteiger partial charge in [0.2, 0.25) is 10.0 Å². The predicted molar refractivity (Wildman–Crippen MR) is 72.1 cm³/mol. The molecule has 0 saturated heterocycles. The van der Waals surface area contributed by atoms with Crippen LogP contribution in [0.25, 0.3) is 0 Å². The number of nitrogens with one attached hydrogen (secondary N) is 1. The molecule has 0 unspecified atom stereocenters. The molecule has 19 heavy (non-hydrogen) atoms. The van der Waals surface area contributed by atoms with Gasteiger partial charge in [-0.25, -0.2) is 13.1 Å². The second-order valence-electron chi connectivity index (χ2n) is 3.97. The largest absolute Gasteiger partial charge is 0.381 e. The van der Waals surface area contributed by atoms with Crippen LogP contribution < -0.4 is 4.72 Å². The Morgan fingerprint density at radius 1 is 1.32 bits per heavy atom. The fourth-order valence-electron chi connectivity index (χ4n) is 1.50. The second-order valence-corrected chi connectivity index (χ2v) is 5.71. The first-order valence-electron chi connectivity index (χ1n) is 6.18. The Bertz CT molecular complexity index is 535. The molecule has 6 heteroatoms.